The van der Waals surface area contributed by atoms with E-state index in [-0.39, 0.29) is 6.10 Å². The van der Waals surface area contributed by atoms with E-state index in [2.05, 4.69) is 0 Å². The number of ether oxygens (including phenoxy) is 2. The minimum absolute atomic E-state index is 0.00738. The molecule has 0 bridgehead atoms. The molecule has 4 N–H and O–H groups in total. The summed E-state index contributed by atoms with van der Waals surface area (Å²) in [5.74, 6) is 0.717. The van der Waals surface area contributed by atoms with Gasteiger partial charge in [0.25, 0.3) is 0 Å². The molecule has 0 aliphatic carbocycles. The maximum absolute atomic E-state index is 5.66. The van der Waals surface area contributed by atoms with Crippen molar-refractivity contribution in [3.05, 3.63) is 18.2 Å². The summed E-state index contributed by atoms with van der Waals surface area (Å²) in [7, 11) is 0. The second-order valence-corrected chi connectivity index (χ2v) is 3.38. The van der Waals surface area contributed by atoms with E-state index < -0.39 is 0 Å². The van der Waals surface area contributed by atoms with Crippen LogP contribution in [0.25, 0.3) is 0 Å². The van der Waals surface area contributed by atoms with Crippen LogP contribution >= 0.6 is 0 Å². The fourth-order valence-electron chi connectivity index (χ4n) is 1.18. The molecular formula is C11H18N2O2. The lowest BCUT2D eigenvalue weighted by Crippen LogP contribution is -2.19. The Morgan fingerprint density at radius 1 is 1.27 bits per heavy atom. The molecule has 0 aliphatic rings. The molecule has 0 saturated carbocycles. The van der Waals surface area contributed by atoms with Gasteiger partial charge in [-0.3, -0.25) is 0 Å². The minimum atomic E-state index is 0.00738. The van der Waals surface area contributed by atoms with Crippen molar-refractivity contribution in [2.45, 2.75) is 20.0 Å². The third-order valence-electron chi connectivity index (χ3n) is 1.95. The first-order chi connectivity index (χ1) is 7.13. The third kappa shape index (κ3) is 3.67. The number of anilines is 2. The minimum Gasteiger partial charge on any atom is -0.488 e. The highest BCUT2D eigenvalue weighted by atomic mass is 16.5. The van der Waals surface area contributed by atoms with Crippen LogP contribution in [-0.2, 0) is 4.74 Å². The molecule has 1 rings (SSSR count). The van der Waals surface area contributed by atoms with Crippen molar-refractivity contribution in [3.8, 4) is 5.75 Å². The number of nitrogen functional groups attached to an aromatic ring is 2. The number of nitrogens with two attached hydrogens (primary N) is 2. The first-order valence-corrected chi connectivity index (χ1v) is 5.03. The topological polar surface area (TPSA) is 70.5 Å². The van der Waals surface area contributed by atoms with Crippen molar-refractivity contribution >= 4 is 11.4 Å². The number of hydrogen-bond donors (Lipinski definition) is 2. The summed E-state index contributed by atoms with van der Waals surface area (Å²) < 4.78 is 10.8. The average Bonchev–Trinajstić information content (AvgIpc) is 2.20. The van der Waals surface area contributed by atoms with Crippen LogP contribution in [0.3, 0.4) is 0 Å². The van der Waals surface area contributed by atoms with Gasteiger partial charge >= 0.3 is 0 Å². The van der Waals surface area contributed by atoms with Gasteiger partial charge in [-0.25, -0.2) is 0 Å². The van der Waals surface area contributed by atoms with Gasteiger partial charge in [-0.1, -0.05) is 0 Å². The molecule has 0 radical (unpaired) electrons. The molecule has 1 unspecified atom stereocenters. The third-order valence-corrected chi connectivity index (χ3v) is 1.95. The van der Waals surface area contributed by atoms with E-state index in [1.165, 1.54) is 0 Å². The Morgan fingerprint density at radius 2 is 2.00 bits per heavy atom. The van der Waals surface area contributed by atoms with Gasteiger partial charge in [0.05, 0.1) is 18.0 Å². The van der Waals surface area contributed by atoms with E-state index in [0.29, 0.717) is 30.3 Å². The highest BCUT2D eigenvalue weighted by Gasteiger charge is 2.04. The first kappa shape index (κ1) is 11.7. The van der Waals surface area contributed by atoms with E-state index in [9.17, 15) is 0 Å². The maximum Gasteiger partial charge on any atom is 0.122 e. The molecule has 1 aromatic carbocycles. The predicted octanol–water partition coefficient (Wildman–Crippen LogP) is 1.65. The van der Waals surface area contributed by atoms with Gasteiger partial charge in [0, 0.05) is 12.7 Å². The van der Waals surface area contributed by atoms with Gasteiger partial charge in [-0.05, 0) is 26.0 Å². The van der Waals surface area contributed by atoms with Gasteiger partial charge in [-0.2, -0.15) is 0 Å². The van der Waals surface area contributed by atoms with E-state index in [4.69, 9.17) is 20.9 Å². The molecule has 0 aromatic heterocycles. The Hall–Kier alpha value is -1.42. The normalized spacial score (nSPS) is 12.4. The number of rotatable bonds is 5. The molecule has 4 nitrogen and oxygen atoms in total. The van der Waals surface area contributed by atoms with Crippen LogP contribution < -0.4 is 16.2 Å². The predicted molar refractivity (Wildman–Crippen MR) is 61.8 cm³/mol. The van der Waals surface area contributed by atoms with Gasteiger partial charge in [0.15, 0.2) is 0 Å². The van der Waals surface area contributed by atoms with Crippen LogP contribution in [0.5, 0.6) is 5.75 Å². The molecule has 84 valence electrons. The zero-order valence-corrected chi connectivity index (χ0v) is 9.19. The molecule has 0 spiro atoms. The van der Waals surface area contributed by atoms with Crippen LogP contribution in [-0.4, -0.2) is 19.3 Å². The van der Waals surface area contributed by atoms with Gasteiger partial charge in [0.2, 0.25) is 0 Å². The molecule has 1 atom stereocenters. The van der Waals surface area contributed by atoms with Crippen LogP contribution in [0.15, 0.2) is 18.2 Å². The molecule has 0 saturated heterocycles. The summed E-state index contributed by atoms with van der Waals surface area (Å²) in [6.45, 7) is 5.16. The zero-order valence-electron chi connectivity index (χ0n) is 9.19. The van der Waals surface area contributed by atoms with Gasteiger partial charge < -0.3 is 20.9 Å². The largest absolute Gasteiger partial charge is 0.488 e. The Bertz CT molecular complexity index is 315. The maximum atomic E-state index is 5.66. The molecule has 0 heterocycles. The fourth-order valence-corrected chi connectivity index (χ4v) is 1.18. The van der Waals surface area contributed by atoms with E-state index >= 15 is 0 Å². The molecule has 15 heavy (non-hydrogen) atoms. The highest BCUT2D eigenvalue weighted by Crippen LogP contribution is 2.22. The molecule has 0 aliphatic heterocycles. The van der Waals surface area contributed by atoms with E-state index in [0.717, 1.165) is 0 Å². The van der Waals surface area contributed by atoms with Crippen molar-refractivity contribution in [1.82, 2.24) is 0 Å². The van der Waals surface area contributed by atoms with E-state index in [1.54, 1.807) is 18.2 Å². The monoisotopic (exact) mass is 210 g/mol. The van der Waals surface area contributed by atoms with Crippen molar-refractivity contribution in [3.63, 3.8) is 0 Å². The van der Waals surface area contributed by atoms with Gasteiger partial charge in [-0.15, -0.1) is 0 Å². The summed E-state index contributed by atoms with van der Waals surface area (Å²) in [6, 6.07) is 5.25. The molecular weight excluding hydrogens is 192 g/mol. The van der Waals surface area contributed by atoms with E-state index in [1.807, 2.05) is 13.8 Å². The highest BCUT2D eigenvalue weighted by molar-refractivity contribution is 5.65. The van der Waals surface area contributed by atoms with Crippen molar-refractivity contribution in [2.75, 3.05) is 24.7 Å². The van der Waals surface area contributed by atoms with Gasteiger partial charge in [0.1, 0.15) is 11.9 Å². The summed E-state index contributed by atoms with van der Waals surface area (Å²) in [5.41, 5.74) is 12.4. The Morgan fingerprint density at radius 3 is 2.60 bits per heavy atom. The molecule has 0 fully saturated rings. The lowest BCUT2D eigenvalue weighted by molar-refractivity contribution is 0.0657. The number of benzene rings is 1. The Kier molecular flexibility index (Phi) is 4.24. The summed E-state index contributed by atoms with van der Waals surface area (Å²) in [6.07, 6.45) is 0.00738. The van der Waals surface area contributed by atoms with Crippen LogP contribution in [0.1, 0.15) is 13.8 Å². The smallest absolute Gasteiger partial charge is 0.122 e. The standard InChI is InChI=1S/C11H18N2O2/c1-3-14-7-8(2)15-9-4-5-10(12)11(13)6-9/h4-6,8H,3,7,12-13H2,1-2H3. The summed E-state index contributed by atoms with van der Waals surface area (Å²) in [5, 5.41) is 0. The quantitative estimate of drug-likeness (QED) is 0.725. The second kappa shape index (κ2) is 5.46. The Labute approximate surface area is 90.2 Å². The average molecular weight is 210 g/mol. The molecule has 4 heteroatoms. The first-order valence-electron chi connectivity index (χ1n) is 5.03. The van der Waals surface area contributed by atoms with Crippen LogP contribution in [0.2, 0.25) is 0 Å². The lowest BCUT2D eigenvalue weighted by atomic mass is 10.2. The second-order valence-electron chi connectivity index (χ2n) is 3.38. The fraction of sp³-hybridized carbons (Fsp3) is 0.455. The Balaban J connectivity index is 2.53. The summed E-state index contributed by atoms with van der Waals surface area (Å²) in [4.78, 5) is 0. The molecule has 0 amide bonds. The van der Waals surface area contributed by atoms with Crippen LogP contribution in [0, 0.1) is 0 Å². The SMILES string of the molecule is CCOCC(C)Oc1ccc(N)c(N)c1. The van der Waals surface area contributed by atoms with Crippen molar-refractivity contribution < 1.29 is 9.47 Å². The number of hydrogen-bond acceptors (Lipinski definition) is 4. The molecule has 1 aromatic rings. The van der Waals surface area contributed by atoms with Crippen molar-refractivity contribution in [1.29, 1.82) is 0 Å². The van der Waals surface area contributed by atoms with Crippen molar-refractivity contribution in [2.24, 2.45) is 0 Å². The lowest BCUT2D eigenvalue weighted by Gasteiger charge is -2.15. The zero-order chi connectivity index (χ0) is 11.3. The van der Waals surface area contributed by atoms with Crippen LogP contribution in [0.4, 0.5) is 11.4 Å². The summed E-state index contributed by atoms with van der Waals surface area (Å²) >= 11 is 0.